The number of ether oxygens (including phenoxy) is 1. The van der Waals surface area contributed by atoms with E-state index in [2.05, 4.69) is 27.3 Å². The van der Waals surface area contributed by atoms with Gasteiger partial charge >= 0.3 is 0 Å². The Morgan fingerprint density at radius 1 is 1.44 bits per heavy atom. The van der Waals surface area contributed by atoms with Crippen molar-refractivity contribution in [1.29, 1.82) is 0 Å². The van der Waals surface area contributed by atoms with Crippen LogP contribution in [0.3, 0.4) is 0 Å². The normalized spacial score (nSPS) is 14.8. The average Bonchev–Trinajstić information content (AvgIpc) is 2.31. The molecule has 0 aliphatic heterocycles. The molecule has 0 aliphatic rings. The Morgan fingerprint density at radius 2 is 2.12 bits per heavy atom. The lowest BCUT2D eigenvalue weighted by Gasteiger charge is -2.20. The molecule has 0 aliphatic carbocycles. The summed E-state index contributed by atoms with van der Waals surface area (Å²) in [6, 6.07) is 8.28. The number of benzene rings is 1. The minimum absolute atomic E-state index is 0.160. The van der Waals surface area contributed by atoms with Gasteiger partial charge in [0.1, 0.15) is 0 Å². The van der Waals surface area contributed by atoms with E-state index in [1.165, 1.54) is 5.56 Å². The zero-order chi connectivity index (χ0) is 12.0. The highest BCUT2D eigenvalue weighted by molar-refractivity contribution is 9.10. The van der Waals surface area contributed by atoms with Gasteiger partial charge in [0, 0.05) is 30.7 Å². The molecule has 3 nitrogen and oxygen atoms in total. The third kappa shape index (κ3) is 3.87. The van der Waals surface area contributed by atoms with Gasteiger partial charge in [0.25, 0.3) is 0 Å². The Labute approximate surface area is 105 Å². The first-order valence-corrected chi connectivity index (χ1v) is 6.19. The topological polar surface area (TPSA) is 47.3 Å². The van der Waals surface area contributed by atoms with Crippen LogP contribution in [0.2, 0.25) is 0 Å². The van der Waals surface area contributed by atoms with Crippen LogP contribution in [-0.4, -0.2) is 26.3 Å². The molecule has 2 atom stereocenters. The lowest BCUT2D eigenvalue weighted by molar-refractivity contribution is 0.114. The van der Waals surface area contributed by atoms with Crippen LogP contribution in [0.5, 0.6) is 0 Å². The zero-order valence-corrected chi connectivity index (χ0v) is 11.3. The Bertz CT molecular complexity index is 320. The summed E-state index contributed by atoms with van der Waals surface area (Å²) in [5.74, 6) is 0. The van der Waals surface area contributed by atoms with E-state index in [0.717, 1.165) is 11.0 Å². The van der Waals surface area contributed by atoms with Gasteiger partial charge in [-0.2, -0.15) is 0 Å². The van der Waals surface area contributed by atoms with Crippen molar-refractivity contribution in [3.05, 3.63) is 34.3 Å². The molecule has 0 amide bonds. The Balaban J connectivity index is 2.64. The van der Waals surface area contributed by atoms with Gasteiger partial charge in [-0.1, -0.05) is 34.1 Å². The predicted octanol–water partition coefficient (Wildman–Crippen LogP) is 2.07. The Kier molecular flexibility index (Phi) is 5.98. The van der Waals surface area contributed by atoms with Crippen LogP contribution in [0.1, 0.15) is 18.5 Å². The number of halogens is 1. The first-order chi connectivity index (χ1) is 7.69. The summed E-state index contributed by atoms with van der Waals surface area (Å²) in [5, 5.41) is 3.40. The summed E-state index contributed by atoms with van der Waals surface area (Å²) >= 11 is 3.53. The van der Waals surface area contributed by atoms with E-state index < -0.39 is 0 Å². The molecular weight excluding hydrogens is 268 g/mol. The number of hydrogen-bond donors (Lipinski definition) is 2. The van der Waals surface area contributed by atoms with Crippen LogP contribution in [0.4, 0.5) is 0 Å². The highest BCUT2D eigenvalue weighted by Crippen LogP contribution is 2.22. The Hall–Kier alpha value is -0.420. The number of rotatable bonds is 6. The van der Waals surface area contributed by atoms with Gasteiger partial charge in [-0.25, -0.2) is 0 Å². The molecule has 1 aromatic carbocycles. The molecule has 90 valence electrons. The van der Waals surface area contributed by atoms with Gasteiger partial charge in [0.2, 0.25) is 0 Å². The third-order valence-electron chi connectivity index (χ3n) is 2.57. The summed E-state index contributed by atoms with van der Waals surface area (Å²) < 4.78 is 6.28. The van der Waals surface area contributed by atoms with Crippen LogP contribution < -0.4 is 11.1 Å². The Morgan fingerprint density at radius 3 is 2.69 bits per heavy atom. The lowest BCUT2D eigenvalue weighted by Crippen LogP contribution is -2.34. The van der Waals surface area contributed by atoms with Crippen LogP contribution in [0.25, 0.3) is 0 Å². The molecule has 1 rings (SSSR count). The monoisotopic (exact) mass is 286 g/mol. The molecule has 0 bridgehead atoms. The maximum absolute atomic E-state index is 5.78. The summed E-state index contributed by atoms with van der Waals surface area (Å²) in [7, 11) is 1.71. The second-order valence-corrected chi connectivity index (χ2v) is 4.62. The molecule has 0 radical (unpaired) electrons. The van der Waals surface area contributed by atoms with E-state index in [4.69, 9.17) is 10.5 Å². The lowest BCUT2D eigenvalue weighted by atomic mass is 10.1. The minimum Gasteiger partial charge on any atom is -0.380 e. The van der Waals surface area contributed by atoms with Gasteiger partial charge < -0.3 is 15.8 Å². The van der Waals surface area contributed by atoms with E-state index >= 15 is 0 Å². The zero-order valence-electron chi connectivity index (χ0n) is 9.74. The number of nitrogens with one attached hydrogen (secondary N) is 1. The first kappa shape index (κ1) is 13.6. The van der Waals surface area contributed by atoms with E-state index in [0.29, 0.717) is 6.54 Å². The van der Waals surface area contributed by atoms with Crippen LogP contribution in [0, 0.1) is 0 Å². The SMILES string of the molecule is COC(C)CNC(CN)c1ccccc1Br. The average molecular weight is 287 g/mol. The highest BCUT2D eigenvalue weighted by atomic mass is 79.9. The van der Waals surface area contributed by atoms with Crippen molar-refractivity contribution < 1.29 is 4.74 Å². The fraction of sp³-hybridized carbons (Fsp3) is 0.500. The van der Waals surface area contributed by atoms with E-state index in [1.807, 2.05) is 25.1 Å². The standard InChI is InChI=1S/C12H19BrN2O/c1-9(16-2)8-15-12(7-14)10-5-3-4-6-11(10)13/h3-6,9,12,15H,7-8,14H2,1-2H3. The molecule has 0 heterocycles. The molecule has 0 saturated carbocycles. The van der Waals surface area contributed by atoms with Gasteiger partial charge in [0.05, 0.1) is 6.10 Å². The number of hydrogen-bond acceptors (Lipinski definition) is 3. The maximum Gasteiger partial charge on any atom is 0.0667 e. The van der Waals surface area contributed by atoms with Gasteiger partial charge in [-0.3, -0.25) is 0 Å². The van der Waals surface area contributed by atoms with E-state index in [1.54, 1.807) is 7.11 Å². The van der Waals surface area contributed by atoms with E-state index in [9.17, 15) is 0 Å². The highest BCUT2D eigenvalue weighted by Gasteiger charge is 2.12. The molecule has 0 fully saturated rings. The fourth-order valence-corrected chi connectivity index (χ4v) is 2.03. The van der Waals surface area contributed by atoms with Crippen LogP contribution in [0.15, 0.2) is 28.7 Å². The predicted molar refractivity (Wildman–Crippen MR) is 70.4 cm³/mol. The molecule has 1 aromatic rings. The third-order valence-corrected chi connectivity index (χ3v) is 3.29. The van der Waals surface area contributed by atoms with Crippen molar-refractivity contribution in [2.24, 2.45) is 5.73 Å². The molecule has 0 aromatic heterocycles. The van der Waals surface area contributed by atoms with Crippen molar-refractivity contribution in [3.63, 3.8) is 0 Å². The summed E-state index contributed by atoms with van der Waals surface area (Å²) in [6.45, 7) is 3.39. The number of nitrogens with two attached hydrogens (primary N) is 1. The fourth-order valence-electron chi connectivity index (χ4n) is 1.47. The second kappa shape index (κ2) is 7.01. The number of methoxy groups -OCH3 is 1. The molecule has 4 heteroatoms. The van der Waals surface area contributed by atoms with Gasteiger partial charge in [-0.15, -0.1) is 0 Å². The van der Waals surface area contributed by atoms with Gasteiger partial charge in [0.15, 0.2) is 0 Å². The smallest absolute Gasteiger partial charge is 0.0667 e. The minimum atomic E-state index is 0.160. The summed E-state index contributed by atoms with van der Waals surface area (Å²) in [5.41, 5.74) is 6.97. The van der Waals surface area contributed by atoms with Crippen molar-refractivity contribution in [1.82, 2.24) is 5.32 Å². The molecule has 0 saturated heterocycles. The molecule has 0 spiro atoms. The van der Waals surface area contributed by atoms with Crippen molar-refractivity contribution in [2.75, 3.05) is 20.2 Å². The van der Waals surface area contributed by atoms with Crippen LogP contribution in [-0.2, 0) is 4.74 Å². The molecular formula is C12H19BrN2O. The van der Waals surface area contributed by atoms with Crippen LogP contribution >= 0.6 is 15.9 Å². The molecule has 16 heavy (non-hydrogen) atoms. The maximum atomic E-state index is 5.78. The van der Waals surface area contributed by atoms with Crippen molar-refractivity contribution in [2.45, 2.75) is 19.1 Å². The first-order valence-electron chi connectivity index (χ1n) is 5.39. The van der Waals surface area contributed by atoms with Gasteiger partial charge in [-0.05, 0) is 18.6 Å². The summed E-state index contributed by atoms with van der Waals surface area (Å²) in [6.07, 6.45) is 0.191. The largest absolute Gasteiger partial charge is 0.380 e. The molecule has 3 N–H and O–H groups in total. The quantitative estimate of drug-likeness (QED) is 0.842. The van der Waals surface area contributed by atoms with Crippen molar-refractivity contribution in [3.8, 4) is 0 Å². The molecule has 2 unspecified atom stereocenters. The summed E-state index contributed by atoms with van der Waals surface area (Å²) in [4.78, 5) is 0. The van der Waals surface area contributed by atoms with Crippen molar-refractivity contribution >= 4 is 15.9 Å². The second-order valence-electron chi connectivity index (χ2n) is 3.76. The van der Waals surface area contributed by atoms with E-state index in [-0.39, 0.29) is 12.1 Å².